The van der Waals surface area contributed by atoms with E-state index in [1.165, 1.54) is 12.1 Å². The van der Waals surface area contributed by atoms with Crippen LogP contribution in [-0.2, 0) is 4.79 Å². The Labute approximate surface area is 218 Å². The Morgan fingerprint density at radius 2 is 1.65 bits per heavy atom. The van der Waals surface area contributed by atoms with Crippen molar-refractivity contribution in [3.63, 3.8) is 0 Å². The molecule has 1 aliphatic heterocycles. The summed E-state index contributed by atoms with van der Waals surface area (Å²) in [7, 11) is 0. The lowest BCUT2D eigenvalue weighted by atomic mass is 10.1. The number of unbranched alkanes of at least 4 members (excludes halogenated alkanes) is 1. The number of hydrogen-bond acceptors (Lipinski definition) is 8. The first kappa shape index (κ1) is 28.4. The van der Waals surface area contributed by atoms with Gasteiger partial charge in [-0.25, -0.2) is 4.90 Å². The number of phenols is 1. The van der Waals surface area contributed by atoms with Gasteiger partial charge < -0.3 is 36.2 Å². The van der Waals surface area contributed by atoms with Crippen molar-refractivity contribution in [1.29, 1.82) is 0 Å². The molecule has 1 aliphatic rings. The molecule has 0 aliphatic carbocycles. The number of hydrogen-bond donors (Lipinski definition) is 6. The Balaban J connectivity index is 1.24. The number of aliphatic hydroxyl groups is 2. The van der Waals surface area contributed by atoms with Crippen molar-refractivity contribution >= 4 is 17.5 Å². The quantitative estimate of drug-likeness (QED) is 0.211. The van der Waals surface area contributed by atoms with E-state index in [-0.39, 0.29) is 17.6 Å². The predicted octanol–water partition coefficient (Wildman–Crippen LogP) is 1.82. The topological polar surface area (TPSA) is 137 Å². The smallest absolute Gasteiger partial charge is 0.251 e. The number of nitrogens with one attached hydrogen (secondary N) is 3. The van der Waals surface area contributed by atoms with Crippen LogP contribution < -0.4 is 16.0 Å². The van der Waals surface area contributed by atoms with Crippen molar-refractivity contribution in [1.82, 2.24) is 20.4 Å². The summed E-state index contributed by atoms with van der Waals surface area (Å²) in [6.45, 7) is 5.39. The maximum Gasteiger partial charge on any atom is 0.251 e. The van der Waals surface area contributed by atoms with Gasteiger partial charge in [-0.15, -0.1) is 0 Å². The fourth-order valence-corrected chi connectivity index (χ4v) is 4.31. The van der Waals surface area contributed by atoms with Gasteiger partial charge in [0.25, 0.3) is 5.91 Å². The highest BCUT2D eigenvalue weighted by Crippen LogP contribution is 2.31. The molecule has 0 fully saturated rings. The summed E-state index contributed by atoms with van der Waals surface area (Å²) in [4.78, 5) is 27.5. The van der Waals surface area contributed by atoms with Crippen LogP contribution in [0.3, 0.4) is 0 Å². The Morgan fingerprint density at radius 1 is 0.946 bits per heavy atom. The largest absolute Gasteiger partial charge is 0.508 e. The molecule has 6 N–H and O–H groups in total. The van der Waals surface area contributed by atoms with Crippen LogP contribution in [0.15, 0.2) is 48.5 Å². The van der Waals surface area contributed by atoms with Gasteiger partial charge in [-0.3, -0.25) is 9.59 Å². The first-order valence-corrected chi connectivity index (χ1v) is 12.9. The van der Waals surface area contributed by atoms with Gasteiger partial charge in [0.05, 0.1) is 0 Å². The second-order valence-electron chi connectivity index (χ2n) is 9.19. The van der Waals surface area contributed by atoms with Crippen LogP contribution in [0.5, 0.6) is 5.75 Å². The van der Waals surface area contributed by atoms with Gasteiger partial charge in [0.15, 0.2) is 6.35 Å². The number of nitrogens with zero attached hydrogens (tertiary/aromatic N) is 2. The molecule has 2 amide bonds. The third kappa shape index (κ3) is 8.71. The maximum atomic E-state index is 12.1. The van der Waals surface area contributed by atoms with Crippen LogP contribution in [0, 0.1) is 0 Å². The molecule has 0 radical (unpaired) electrons. The number of anilines is 1. The van der Waals surface area contributed by atoms with Gasteiger partial charge in [0.1, 0.15) is 12.0 Å². The molecule has 2 aromatic carbocycles. The van der Waals surface area contributed by atoms with Crippen LogP contribution in [-0.4, -0.2) is 82.6 Å². The zero-order valence-corrected chi connectivity index (χ0v) is 21.4. The standard InChI is InChI=1S/C27H39N5O5/c1-20(33)31(18-7-16-29-25(35)21-10-12-22(34)13-11-21)17-5-4-14-28-15-6-19-32-26(36)23-8-2-3-9-24(23)30-27(32)37/h2-3,8-13,26-28,30,34,36-37H,4-7,14-19H2,1H3,(H,29,35). The lowest BCUT2D eigenvalue weighted by molar-refractivity contribution is -0.129. The number of benzene rings is 2. The van der Waals surface area contributed by atoms with E-state index in [1.54, 1.807) is 28.9 Å². The van der Waals surface area contributed by atoms with Crippen molar-refractivity contribution in [2.45, 2.75) is 45.2 Å². The fraction of sp³-hybridized carbons (Fsp3) is 0.481. The lowest BCUT2D eigenvalue weighted by Gasteiger charge is -2.38. The van der Waals surface area contributed by atoms with E-state index in [0.29, 0.717) is 38.2 Å². The molecular formula is C27H39N5O5. The highest BCUT2D eigenvalue weighted by atomic mass is 16.3. The van der Waals surface area contributed by atoms with Crippen molar-refractivity contribution in [2.75, 3.05) is 44.6 Å². The van der Waals surface area contributed by atoms with Crippen LogP contribution in [0.4, 0.5) is 5.69 Å². The van der Waals surface area contributed by atoms with Crippen LogP contribution in [0.1, 0.15) is 54.8 Å². The van der Waals surface area contributed by atoms with Gasteiger partial charge in [0, 0.05) is 49.9 Å². The number of phenolic OH excluding ortho intramolecular Hbond substituents is 1. The minimum Gasteiger partial charge on any atom is -0.508 e. The number of amides is 2. The molecule has 0 saturated carbocycles. The second kappa shape index (κ2) is 14.5. The average Bonchev–Trinajstić information content (AvgIpc) is 2.88. The van der Waals surface area contributed by atoms with Gasteiger partial charge in [-0.05, 0) is 69.1 Å². The summed E-state index contributed by atoms with van der Waals surface area (Å²) >= 11 is 0. The SMILES string of the molecule is CC(=O)N(CCCCNCCCN1C(O)Nc2ccccc2C1O)CCCNC(=O)c1ccc(O)cc1. The first-order chi connectivity index (χ1) is 17.9. The van der Waals surface area contributed by atoms with E-state index in [0.717, 1.165) is 43.6 Å². The fourth-order valence-electron chi connectivity index (χ4n) is 4.31. The highest BCUT2D eigenvalue weighted by Gasteiger charge is 2.30. The molecule has 0 spiro atoms. The molecule has 0 saturated heterocycles. The van der Waals surface area contributed by atoms with Crippen LogP contribution >= 0.6 is 0 Å². The number of aromatic hydroxyl groups is 1. The van der Waals surface area contributed by atoms with Crippen LogP contribution in [0.25, 0.3) is 0 Å². The molecule has 10 nitrogen and oxygen atoms in total. The minimum atomic E-state index is -0.927. The maximum absolute atomic E-state index is 12.1. The van der Waals surface area contributed by atoms with Crippen LogP contribution in [0.2, 0.25) is 0 Å². The summed E-state index contributed by atoms with van der Waals surface area (Å²) < 4.78 is 0. The summed E-state index contributed by atoms with van der Waals surface area (Å²) in [5.74, 6) is -0.0671. The Morgan fingerprint density at radius 3 is 2.41 bits per heavy atom. The Bertz CT molecular complexity index is 1000. The summed E-state index contributed by atoms with van der Waals surface area (Å²) in [5.41, 5.74) is 1.99. The molecule has 10 heteroatoms. The average molecular weight is 514 g/mol. The Kier molecular flexibility index (Phi) is 11.2. The zero-order chi connectivity index (χ0) is 26.6. The molecule has 2 unspecified atom stereocenters. The zero-order valence-electron chi connectivity index (χ0n) is 21.4. The van der Waals surface area contributed by atoms with E-state index in [2.05, 4.69) is 16.0 Å². The summed E-state index contributed by atoms with van der Waals surface area (Å²) in [6, 6.07) is 13.5. The van der Waals surface area contributed by atoms with E-state index in [1.807, 2.05) is 24.3 Å². The van der Waals surface area contributed by atoms with E-state index < -0.39 is 12.6 Å². The predicted molar refractivity (Wildman–Crippen MR) is 142 cm³/mol. The third-order valence-corrected chi connectivity index (χ3v) is 6.42. The number of para-hydroxylation sites is 1. The number of aliphatic hydroxyl groups excluding tert-OH is 2. The van der Waals surface area contributed by atoms with Crippen molar-refractivity contribution < 1.29 is 24.9 Å². The minimum absolute atomic E-state index is 0.0200. The molecule has 1 heterocycles. The van der Waals surface area contributed by atoms with E-state index in [4.69, 9.17) is 0 Å². The molecule has 37 heavy (non-hydrogen) atoms. The van der Waals surface area contributed by atoms with Crippen molar-refractivity contribution in [2.24, 2.45) is 0 Å². The monoisotopic (exact) mass is 513 g/mol. The first-order valence-electron chi connectivity index (χ1n) is 12.9. The second-order valence-corrected chi connectivity index (χ2v) is 9.19. The molecule has 2 aromatic rings. The third-order valence-electron chi connectivity index (χ3n) is 6.42. The van der Waals surface area contributed by atoms with Gasteiger partial charge in [0.2, 0.25) is 5.91 Å². The van der Waals surface area contributed by atoms with Gasteiger partial charge in [-0.1, -0.05) is 18.2 Å². The number of fused-ring (bicyclic) bond motifs is 1. The molecule has 2 atom stereocenters. The lowest BCUT2D eigenvalue weighted by Crippen LogP contribution is -2.47. The normalized spacial score (nSPS) is 17.1. The van der Waals surface area contributed by atoms with E-state index >= 15 is 0 Å². The van der Waals surface area contributed by atoms with Gasteiger partial charge in [-0.2, -0.15) is 0 Å². The summed E-state index contributed by atoms with van der Waals surface area (Å²) in [5, 5.41) is 39.4. The number of rotatable bonds is 14. The highest BCUT2D eigenvalue weighted by molar-refractivity contribution is 5.94. The number of carbonyl (C=O) groups is 2. The molecule has 3 rings (SSSR count). The van der Waals surface area contributed by atoms with Gasteiger partial charge >= 0.3 is 0 Å². The molecule has 0 aromatic heterocycles. The number of carbonyl (C=O) groups excluding carboxylic acids is 2. The molecule has 0 bridgehead atoms. The molecular weight excluding hydrogens is 474 g/mol. The van der Waals surface area contributed by atoms with E-state index in [9.17, 15) is 24.9 Å². The summed E-state index contributed by atoms with van der Waals surface area (Å²) in [6.07, 6.45) is 1.46. The van der Waals surface area contributed by atoms with Crippen molar-refractivity contribution in [3.8, 4) is 5.75 Å². The molecule has 202 valence electrons. The Hall–Kier alpha value is -3.18. The van der Waals surface area contributed by atoms with Crippen molar-refractivity contribution in [3.05, 3.63) is 59.7 Å².